The number of imidazole rings is 1. The lowest BCUT2D eigenvalue weighted by Crippen LogP contribution is -2.36. The number of fused-ring (bicyclic) bond motifs is 1. The van der Waals surface area contributed by atoms with E-state index < -0.39 is 0 Å². The summed E-state index contributed by atoms with van der Waals surface area (Å²) in [6.07, 6.45) is 3.08. The Labute approximate surface area is 197 Å². The number of nitrogens with zero attached hydrogens (tertiary/aromatic N) is 2. The Morgan fingerprint density at radius 2 is 1.58 bits per heavy atom. The second-order valence-electron chi connectivity index (χ2n) is 10.7. The van der Waals surface area contributed by atoms with Gasteiger partial charge in [0.15, 0.2) is 11.4 Å². The summed E-state index contributed by atoms with van der Waals surface area (Å²) in [7, 11) is 0. The van der Waals surface area contributed by atoms with Crippen molar-refractivity contribution in [1.29, 1.82) is 0 Å². The van der Waals surface area contributed by atoms with Crippen LogP contribution in [-0.4, -0.2) is 14.9 Å². The van der Waals surface area contributed by atoms with E-state index in [1.54, 1.807) is 0 Å². The smallest absolute Gasteiger partial charge is 0.181 e. The van der Waals surface area contributed by atoms with Gasteiger partial charge < -0.3 is 10.1 Å². The first kappa shape index (κ1) is 22.9. The van der Waals surface area contributed by atoms with Crippen LogP contribution in [0.15, 0.2) is 72.9 Å². The molecule has 4 aromatic rings. The Bertz CT molecular complexity index is 1230. The van der Waals surface area contributed by atoms with Gasteiger partial charge in [0.25, 0.3) is 0 Å². The Hall–Kier alpha value is -3.27. The van der Waals surface area contributed by atoms with Gasteiger partial charge in [-0.3, -0.25) is 4.40 Å². The molecule has 0 aliphatic heterocycles. The van der Waals surface area contributed by atoms with E-state index in [0.29, 0.717) is 6.61 Å². The number of nitrogens with one attached hydrogen (secondary N) is 1. The number of hydrogen-bond acceptors (Lipinski definition) is 3. The molecule has 0 atom stereocenters. The van der Waals surface area contributed by atoms with Crippen LogP contribution in [0, 0.1) is 12.3 Å². The molecule has 0 bridgehead atoms. The molecule has 0 fully saturated rings. The van der Waals surface area contributed by atoms with E-state index in [1.807, 2.05) is 30.3 Å². The molecule has 2 aromatic heterocycles. The number of aryl methyl sites for hydroxylation is 1. The average molecular weight is 442 g/mol. The van der Waals surface area contributed by atoms with Gasteiger partial charge in [-0.25, -0.2) is 4.98 Å². The van der Waals surface area contributed by atoms with Crippen LogP contribution < -0.4 is 10.1 Å². The normalized spacial score (nSPS) is 12.2. The summed E-state index contributed by atoms with van der Waals surface area (Å²) in [5, 5.41) is 3.84. The van der Waals surface area contributed by atoms with E-state index >= 15 is 0 Å². The van der Waals surface area contributed by atoms with E-state index in [4.69, 9.17) is 9.72 Å². The van der Waals surface area contributed by atoms with E-state index in [2.05, 4.69) is 93.9 Å². The van der Waals surface area contributed by atoms with Crippen molar-refractivity contribution in [2.45, 2.75) is 60.1 Å². The standard InChI is InChI=1S/C29H35N3O/c1-21-13-10-11-16-23(21)25-27(31-29(5,6)20-28(2,3)4)32-18-12-17-24(26(32)30-25)33-19-22-14-8-7-9-15-22/h7-18,31H,19-20H2,1-6H3. The summed E-state index contributed by atoms with van der Waals surface area (Å²) < 4.78 is 8.37. The van der Waals surface area contributed by atoms with Crippen LogP contribution >= 0.6 is 0 Å². The maximum atomic E-state index is 6.24. The average Bonchev–Trinajstić information content (AvgIpc) is 3.09. The van der Waals surface area contributed by atoms with Gasteiger partial charge in [0.2, 0.25) is 0 Å². The van der Waals surface area contributed by atoms with E-state index in [1.165, 1.54) is 5.56 Å². The van der Waals surface area contributed by atoms with Crippen molar-refractivity contribution in [3.8, 4) is 17.0 Å². The summed E-state index contributed by atoms with van der Waals surface area (Å²) in [4.78, 5) is 5.11. The molecule has 4 rings (SSSR count). The lowest BCUT2D eigenvalue weighted by Gasteiger charge is -2.34. The fourth-order valence-electron chi connectivity index (χ4n) is 4.73. The van der Waals surface area contributed by atoms with Crippen LogP contribution in [0.2, 0.25) is 0 Å². The Morgan fingerprint density at radius 1 is 0.879 bits per heavy atom. The second kappa shape index (κ2) is 8.93. The first-order valence-corrected chi connectivity index (χ1v) is 11.6. The molecule has 0 unspecified atom stereocenters. The molecule has 2 aromatic carbocycles. The second-order valence-corrected chi connectivity index (χ2v) is 10.7. The van der Waals surface area contributed by atoms with Crippen LogP contribution in [0.1, 0.15) is 52.2 Å². The minimum Gasteiger partial charge on any atom is -0.485 e. The van der Waals surface area contributed by atoms with Crippen molar-refractivity contribution < 1.29 is 4.74 Å². The summed E-state index contributed by atoms with van der Waals surface area (Å²) in [5.41, 5.74) is 5.31. The molecular weight excluding hydrogens is 406 g/mol. The number of rotatable bonds is 7. The Kier molecular flexibility index (Phi) is 6.20. The highest BCUT2D eigenvalue weighted by atomic mass is 16.5. The molecule has 4 heteroatoms. The highest BCUT2D eigenvalue weighted by Gasteiger charge is 2.28. The van der Waals surface area contributed by atoms with Crippen molar-refractivity contribution in [2.24, 2.45) is 5.41 Å². The van der Waals surface area contributed by atoms with Gasteiger partial charge in [0, 0.05) is 17.3 Å². The number of benzene rings is 2. The van der Waals surface area contributed by atoms with Crippen LogP contribution in [-0.2, 0) is 6.61 Å². The van der Waals surface area contributed by atoms with E-state index in [9.17, 15) is 0 Å². The number of anilines is 1. The highest BCUT2D eigenvalue weighted by Crippen LogP contribution is 2.37. The van der Waals surface area contributed by atoms with Gasteiger partial charge >= 0.3 is 0 Å². The number of ether oxygens (including phenoxy) is 1. The van der Waals surface area contributed by atoms with E-state index in [0.717, 1.165) is 40.5 Å². The third-order valence-electron chi connectivity index (χ3n) is 5.68. The molecule has 0 aliphatic rings. The zero-order chi connectivity index (χ0) is 23.6. The first-order valence-electron chi connectivity index (χ1n) is 11.6. The molecule has 0 aliphatic carbocycles. The predicted molar refractivity (Wildman–Crippen MR) is 138 cm³/mol. The van der Waals surface area contributed by atoms with Crippen LogP contribution in [0.25, 0.3) is 16.9 Å². The molecular formula is C29H35N3O. The molecule has 0 radical (unpaired) electrons. The maximum Gasteiger partial charge on any atom is 0.181 e. The molecule has 2 heterocycles. The summed E-state index contributed by atoms with van der Waals surface area (Å²) in [5.74, 6) is 1.77. The van der Waals surface area contributed by atoms with Gasteiger partial charge in [0.05, 0.1) is 0 Å². The number of pyridine rings is 1. The zero-order valence-electron chi connectivity index (χ0n) is 20.6. The lowest BCUT2D eigenvalue weighted by molar-refractivity contribution is 0.301. The molecule has 172 valence electrons. The van der Waals surface area contributed by atoms with Crippen molar-refractivity contribution in [2.75, 3.05) is 5.32 Å². The van der Waals surface area contributed by atoms with Crippen molar-refractivity contribution in [3.05, 3.63) is 84.1 Å². The Balaban J connectivity index is 1.80. The third-order valence-corrected chi connectivity index (χ3v) is 5.68. The molecule has 33 heavy (non-hydrogen) atoms. The van der Waals surface area contributed by atoms with Gasteiger partial charge in [-0.2, -0.15) is 0 Å². The maximum absolute atomic E-state index is 6.24. The SMILES string of the molecule is Cc1ccccc1-c1nc2c(OCc3ccccc3)cccn2c1NC(C)(C)CC(C)(C)C. The summed E-state index contributed by atoms with van der Waals surface area (Å²) >= 11 is 0. The molecule has 0 amide bonds. The molecule has 0 saturated carbocycles. The van der Waals surface area contributed by atoms with Crippen molar-refractivity contribution >= 4 is 11.5 Å². The minimum absolute atomic E-state index is 0.119. The van der Waals surface area contributed by atoms with Crippen LogP contribution in [0.4, 0.5) is 5.82 Å². The van der Waals surface area contributed by atoms with Gasteiger partial charge in [0.1, 0.15) is 18.1 Å². The largest absolute Gasteiger partial charge is 0.485 e. The topological polar surface area (TPSA) is 38.6 Å². The summed E-state index contributed by atoms with van der Waals surface area (Å²) in [6, 6.07) is 22.7. The summed E-state index contributed by atoms with van der Waals surface area (Å²) in [6.45, 7) is 14.0. The predicted octanol–water partition coefficient (Wildman–Crippen LogP) is 7.52. The first-order chi connectivity index (χ1) is 15.6. The Morgan fingerprint density at radius 3 is 2.27 bits per heavy atom. The minimum atomic E-state index is -0.119. The van der Waals surface area contributed by atoms with Gasteiger partial charge in [-0.1, -0.05) is 75.4 Å². The molecule has 4 nitrogen and oxygen atoms in total. The fourth-order valence-corrected chi connectivity index (χ4v) is 4.73. The lowest BCUT2D eigenvalue weighted by atomic mass is 9.82. The third kappa shape index (κ3) is 5.39. The quantitative estimate of drug-likeness (QED) is 0.322. The van der Waals surface area contributed by atoms with Crippen molar-refractivity contribution in [1.82, 2.24) is 9.38 Å². The zero-order valence-corrected chi connectivity index (χ0v) is 20.6. The van der Waals surface area contributed by atoms with Gasteiger partial charge in [-0.15, -0.1) is 0 Å². The van der Waals surface area contributed by atoms with Gasteiger partial charge in [-0.05, 0) is 55.9 Å². The molecule has 0 saturated heterocycles. The molecule has 1 N–H and O–H groups in total. The van der Waals surface area contributed by atoms with Crippen LogP contribution in [0.3, 0.4) is 0 Å². The number of hydrogen-bond donors (Lipinski definition) is 1. The molecule has 0 spiro atoms. The van der Waals surface area contributed by atoms with Crippen molar-refractivity contribution in [3.63, 3.8) is 0 Å². The van der Waals surface area contributed by atoms with E-state index in [-0.39, 0.29) is 11.0 Å². The van der Waals surface area contributed by atoms with Crippen LogP contribution in [0.5, 0.6) is 5.75 Å². The fraction of sp³-hybridized carbons (Fsp3) is 0.345. The highest BCUT2D eigenvalue weighted by molar-refractivity contribution is 5.80. The monoisotopic (exact) mass is 441 g/mol. The number of aromatic nitrogens is 2.